The Hall–Kier alpha value is -0.260. The summed E-state index contributed by atoms with van der Waals surface area (Å²) < 4.78 is 0. The molecule has 0 aliphatic heterocycles. The first-order chi connectivity index (χ1) is 4.84. The average Bonchev–Trinajstić information content (AvgIpc) is 2.60. The second kappa shape index (κ2) is 3.80. The third-order valence-corrected chi connectivity index (χ3v) is 2.34. The maximum Gasteiger partial charge on any atom is -0.0320 e. The molecule has 0 amide bonds. The largest absolute Gasteiger partial charge is 0.0885 e. The molecule has 1 aliphatic carbocycles. The van der Waals surface area contributed by atoms with Gasteiger partial charge < -0.3 is 0 Å². The lowest BCUT2D eigenvalue weighted by Gasteiger charge is -1.87. The SMILES string of the molecule is CCCC=CCC1CC1C. The lowest BCUT2D eigenvalue weighted by molar-refractivity contribution is 0.762. The minimum atomic E-state index is 1.02. The van der Waals surface area contributed by atoms with Crippen molar-refractivity contribution in [3.8, 4) is 0 Å². The zero-order valence-corrected chi connectivity index (χ0v) is 7.14. The zero-order chi connectivity index (χ0) is 7.40. The molecule has 10 heavy (non-hydrogen) atoms. The van der Waals surface area contributed by atoms with Crippen LogP contribution < -0.4 is 0 Å². The third-order valence-electron chi connectivity index (χ3n) is 2.34. The highest BCUT2D eigenvalue weighted by Gasteiger charge is 2.30. The molecule has 58 valence electrons. The van der Waals surface area contributed by atoms with Crippen LogP contribution >= 0.6 is 0 Å². The van der Waals surface area contributed by atoms with Crippen LogP contribution in [0.4, 0.5) is 0 Å². The van der Waals surface area contributed by atoms with Crippen LogP contribution in [0.1, 0.15) is 39.5 Å². The standard InChI is InChI=1S/C10H18/c1-3-4-5-6-7-10-8-9(10)2/h5-6,9-10H,3-4,7-8H2,1-2H3. The molecule has 0 bridgehead atoms. The van der Waals surface area contributed by atoms with E-state index < -0.39 is 0 Å². The number of unbranched alkanes of at least 4 members (excludes halogenated alkanes) is 1. The fraction of sp³-hybridized carbons (Fsp3) is 0.800. The number of hydrogen-bond donors (Lipinski definition) is 0. The first kappa shape index (κ1) is 7.84. The summed E-state index contributed by atoms with van der Waals surface area (Å²) >= 11 is 0. The van der Waals surface area contributed by atoms with Gasteiger partial charge in [0.25, 0.3) is 0 Å². The van der Waals surface area contributed by atoms with Gasteiger partial charge >= 0.3 is 0 Å². The zero-order valence-electron chi connectivity index (χ0n) is 7.14. The number of hydrogen-bond acceptors (Lipinski definition) is 0. The fourth-order valence-electron chi connectivity index (χ4n) is 1.28. The van der Waals surface area contributed by atoms with Gasteiger partial charge in [-0.25, -0.2) is 0 Å². The summed E-state index contributed by atoms with van der Waals surface area (Å²) in [5, 5.41) is 0. The molecule has 0 saturated heterocycles. The third kappa shape index (κ3) is 2.55. The van der Waals surface area contributed by atoms with E-state index in [1.54, 1.807) is 0 Å². The van der Waals surface area contributed by atoms with Crippen LogP contribution in [0.25, 0.3) is 0 Å². The van der Waals surface area contributed by atoms with Crippen LogP contribution in [0.15, 0.2) is 12.2 Å². The Bertz CT molecular complexity index is 113. The highest BCUT2D eigenvalue weighted by atomic mass is 14.4. The van der Waals surface area contributed by atoms with Crippen molar-refractivity contribution in [2.75, 3.05) is 0 Å². The van der Waals surface area contributed by atoms with Crippen molar-refractivity contribution in [2.24, 2.45) is 11.8 Å². The van der Waals surface area contributed by atoms with Gasteiger partial charge in [0.1, 0.15) is 0 Å². The van der Waals surface area contributed by atoms with E-state index in [0.717, 1.165) is 11.8 Å². The highest BCUT2D eigenvalue weighted by molar-refractivity contribution is 4.91. The van der Waals surface area contributed by atoms with Gasteiger partial charge in [-0.3, -0.25) is 0 Å². The van der Waals surface area contributed by atoms with Gasteiger partial charge in [-0.2, -0.15) is 0 Å². The van der Waals surface area contributed by atoms with Crippen LogP contribution in [0.5, 0.6) is 0 Å². The normalized spacial score (nSPS) is 31.4. The molecule has 0 heterocycles. The van der Waals surface area contributed by atoms with Gasteiger partial charge in [0.05, 0.1) is 0 Å². The minimum absolute atomic E-state index is 1.02. The molecular weight excluding hydrogens is 120 g/mol. The van der Waals surface area contributed by atoms with Gasteiger partial charge in [-0.05, 0) is 31.1 Å². The molecule has 1 rings (SSSR count). The molecule has 0 radical (unpaired) electrons. The monoisotopic (exact) mass is 138 g/mol. The Morgan fingerprint density at radius 2 is 2.10 bits per heavy atom. The van der Waals surface area contributed by atoms with Crippen LogP contribution in [0, 0.1) is 11.8 Å². The molecule has 2 unspecified atom stereocenters. The van der Waals surface area contributed by atoms with Crippen molar-refractivity contribution >= 4 is 0 Å². The van der Waals surface area contributed by atoms with Crippen molar-refractivity contribution in [3.05, 3.63) is 12.2 Å². The lowest BCUT2D eigenvalue weighted by atomic mass is 10.2. The van der Waals surface area contributed by atoms with E-state index in [-0.39, 0.29) is 0 Å². The first-order valence-electron chi connectivity index (χ1n) is 4.49. The van der Waals surface area contributed by atoms with E-state index in [4.69, 9.17) is 0 Å². The molecular formula is C10H18. The second-order valence-electron chi connectivity index (χ2n) is 3.47. The summed E-state index contributed by atoms with van der Waals surface area (Å²) in [4.78, 5) is 0. The van der Waals surface area contributed by atoms with Crippen molar-refractivity contribution in [3.63, 3.8) is 0 Å². The second-order valence-corrected chi connectivity index (χ2v) is 3.47. The summed E-state index contributed by atoms with van der Waals surface area (Å²) in [6, 6.07) is 0. The summed E-state index contributed by atoms with van der Waals surface area (Å²) in [5.74, 6) is 2.05. The van der Waals surface area contributed by atoms with Crippen LogP contribution in [0.3, 0.4) is 0 Å². The summed E-state index contributed by atoms with van der Waals surface area (Å²) in [6.45, 7) is 4.57. The van der Waals surface area contributed by atoms with Crippen molar-refractivity contribution in [2.45, 2.75) is 39.5 Å². The van der Waals surface area contributed by atoms with E-state index >= 15 is 0 Å². The Morgan fingerprint density at radius 3 is 2.60 bits per heavy atom. The predicted octanol–water partition coefficient (Wildman–Crippen LogP) is 3.39. The molecule has 0 spiro atoms. The lowest BCUT2D eigenvalue weighted by Crippen LogP contribution is -1.73. The van der Waals surface area contributed by atoms with Gasteiger partial charge in [0.15, 0.2) is 0 Å². The molecule has 2 atom stereocenters. The minimum Gasteiger partial charge on any atom is -0.0885 e. The van der Waals surface area contributed by atoms with E-state index in [1.165, 1.54) is 25.7 Å². The summed E-state index contributed by atoms with van der Waals surface area (Å²) in [6.07, 6.45) is 10.0. The molecule has 0 aromatic heterocycles. The van der Waals surface area contributed by atoms with E-state index in [9.17, 15) is 0 Å². The molecule has 0 nitrogen and oxygen atoms in total. The van der Waals surface area contributed by atoms with E-state index in [1.807, 2.05) is 0 Å². The van der Waals surface area contributed by atoms with Gasteiger partial charge in [-0.1, -0.05) is 32.4 Å². The Labute approximate surface area is 64.3 Å². The van der Waals surface area contributed by atoms with Crippen molar-refractivity contribution < 1.29 is 0 Å². The van der Waals surface area contributed by atoms with E-state index in [0.29, 0.717) is 0 Å². The molecule has 1 aliphatic rings. The number of allylic oxidation sites excluding steroid dienone is 2. The molecule has 1 saturated carbocycles. The maximum absolute atomic E-state index is 2.36. The Kier molecular flexibility index (Phi) is 2.98. The van der Waals surface area contributed by atoms with Crippen molar-refractivity contribution in [1.82, 2.24) is 0 Å². The smallest absolute Gasteiger partial charge is 0.0320 e. The van der Waals surface area contributed by atoms with Gasteiger partial charge in [-0.15, -0.1) is 0 Å². The maximum atomic E-state index is 2.36. The van der Waals surface area contributed by atoms with Crippen LogP contribution in [0.2, 0.25) is 0 Å². The van der Waals surface area contributed by atoms with Crippen LogP contribution in [-0.2, 0) is 0 Å². The summed E-state index contributed by atoms with van der Waals surface area (Å²) in [5.41, 5.74) is 0. The Morgan fingerprint density at radius 1 is 1.40 bits per heavy atom. The first-order valence-corrected chi connectivity index (χ1v) is 4.49. The summed E-state index contributed by atoms with van der Waals surface area (Å²) in [7, 11) is 0. The van der Waals surface area contributed by atoms with Gasteiger partial charge in [0, 0.05) is 0 Å². The van der Waals surface area contributed by atoms with Crippen molar-refractivity contribution in [1.29, 1.82) is 0 Å². The molecule has 0 heteroatoms. The highest BCUT2D eigenvalue weighted by Crippen LogP contribution is 2.40. The molecule has 0 aromatic carbocycles. The topological polar surface area (TPSA) is 0 Å². The Balaban J connectivity index is 1.94. The fourth-order valence-corrected chi connectivity index (χ4v) is 1.28. The quantitative estimate of drug-likeness (QED) is 0.522. The van der Waals surface area contributed by atoms with Gasteiger partial charge in [0.2, 0.25) is 0 Å². The molecule has 0 aromatic rings. The van der Waals surface area contributed by atoms with E-state index in [2.05, 4.69) is 26.0 Å². The molecule has 1 fully saturated rings. The average molecular weight is 138 g/mol. The number of rotatable bonds is 4. The van der Waals surface area contributed by atoms with Crippen LogP contribution in [-0.4, -0.2) is 0 Å². The predicted molar refractivity (Wildman–Crippen MR) is 45.9 cm³/mol. The molecule has 0 N–H and O–H groups in total.